The van der Waals surface area contributed by atoms with E-state index in [1.165, 1.54) is 48.6 Å². The maximum atomic E-state index is 6.36. The zero-order chi connectivity index (χ0) is 13.1. The molecule has 5 heteroatoms. The van der Waals surface area contributed by atoms with Crippen molar-refractivity contribution in [1.82, 2.24) is 9.78 Å². The quantitative estimate of drug-likeness (QED) is 0.928. The lowest BCUT2D eigenvalue weighted by molar-refractivity contribution is 0.461. The number of aromatic nitrogens is 2. The second-order valence-corrected chi connectivity index (χ2v) is 8.07. The monoisotopic (exact) mass is 297 g/mol. The summed E-state index contributed by atoms with van der Waals surface area (Å²) in [5.41, 5.74) is 7.54. The first-order chi connectivity index (χ1) is 9.33. The van der Waals surface area contributed by atoms with Gasteiger partial charge >= 0.3 is 0 Å². The highest BCUT2D eigenvalue weighted by molar-refractivity contribution is 8.06. The SMILES string of the molecule is NC(Cc1ccn(C2CCCC2)n1)C1CSCCS1. The van der Waals surface area contributed by atoms with Gasteiger partial charge in [-0.25, -0.2) is 0 Å². The highest BCUT2D eigenvalue weighted by Gasteiger charge is 2.23. The molecule has 2 atom stereocenters. The van der Waals surface area contributed by atoms with Gasteiger partial charge in [-0.2, -0.15) is 28.6 Å². The molecule has 1 aliphatic carbocycles. The molecule has 2 heterocycles. The van der Waals surface area contributed by atoms with E-state index in [9.17, 15) is 0 Å². The van der Waals surface area contributed by atoms with Crippen LogP contribution in [0, 0.1) is 0 Å². The summed E-state index contributed by atoms with van der Waals surface area (Å²) < 4.78 is 2.18. The van der Waals surface area contributed by atoms with Crippen LogP contribution >= 0.6 is 23.5 Å². The summed E-state index contributed by atoms with van der Waals surface area (Å²) in [5.74, 6) is 3.74. The van der Waals surface area contributed by atoms with Crippen LogP contribution in [-0.2, 0) is 6.42 Å². The highest BCUT2D eigenvalue weighted by atomic mass is 32.2. The van der Waals surface area contributed by atoms with Crippen molar-refractivity contribution in [1.29, 1.82) is 0 Å². The highest BCUT2D eigenvalue weighted by Crippen LogP contribution is 2.29. The van der Waals surface area contributed by atoms with Crippen molar-refractivity contribution in [2.24, 2.45) is 5.73 Å². The molecule has 0 bridgehead atoms. The van der Waals surface area contributed by atoms with E-state index in [0.29, 0.717) is 11.3 Å². The van der Waals surface area contributed by atoms with Crippen LogP contribution in [0.15, 0.2) is 12.3 Å². The molecule has 0 amide bonds. The lowest BCUT2D eigenvalue weighted by Crippen LogP contribution is -2.38. The number of nitrogens with two attached hydrogens (primary N) is 1. The summed E-state index contributed by atoms with van der Waals surface area (Å²) in [6.45, 7) is 0. The Morgan fingerprint density at radius 1 is 1.37 bits per heavy atom. The Morgan fingerprint density at radius 2 is 2.21 bits per heavy atom. The number of rotatable bonds is 4. The first-order valence-corrected chi connectivity index (χ1v) is 9.52. The van der Waals surface area contributed by atoms with E-state index in [2.05, 4.69) is 16.9 Å². The van der Waals surface area contributed by atoms with Crippen LogP contribution in [0.5, 0.6) is 0 Å². The Bertz CT molecular complexity index is 395. The van der Waals surface area contributed by atoms with Crippen molar-refractivity contribution in [3.63, 3.8) is 0 Å². The number of thioether (sulfide) groups is 2. The fourth-order valence-electron chi connectivity index (χ4n) is 2.98. The third kappa shape index (κ3) is 3.50. The molecule has 0 radical (unpaired) electrons. The topological polar surface area (TPSA) is 43.8 Å². The minimum atomic E-state index is 0.254. The van der Waals surface area contributed by atoms with E-state index in [1.54, 1.807) is 0 Å². The minimum Gasteiger partial charge on any atom is -0.326 e. The zero-order valence-electron chi connectivity index (χ0n) is 11.3. The Labute approximate surface area is 124 Å². The summed E-state index contributed by atoms with van der Waals surface area (Å²) in [5, 5.41) is 5.35. The molecule has 0 aromatic carbocycles. The smallest absolute Gasteiger partial charge is 0.0640 e. The summed E-state index contributed by atoms with van der Waals surface area (Å²) >= 11 is 4.08. The number of hydrogen-bond acceptors (Lipinski definition) is 4. The molecule has 0 spiro atoms. The van der Waals surface area contributed by atoms with Crippen LogP contribution in [0.1, 0.15) is 37.4 Å². The molecule has 3 nitrogen and oxygen atoms in total. The van der Waals surface area contributed by atoms with E-state index in [0.717, 1.165) is 6.42 Å². The van der Waals surface area contributed by atoms with Crippen LogP contribution in [0.2, 0.25) is 0 Å². The van der Waals surface area contributed by atoms with Gasteiger partial charge in [0.05, 0.1) is 11.7 Å². The van der Waals surface area contributed by atoms with Crippen molar-refractivity contribution in [3.05, 3.63) is 18.0 Å². The summed E-state index contributed by atoms with van der Waals surface area (Å²) in [6.07, 6.45) is 8.38. The van der Waals surface area contributed by atoms with Gasteiger partial charge in [0, 0.05) is 41.2 Å². The van der Waals surface area contributed by atoms with Crippen molar-refractivity contribution in [3.8, 4) is 0 Å². The van der Waals surface area contributed by atoms with Gasteiger partial charge in [-0.3, -0.25) is 4.68 Å². The largest absolute Gasteiger partial charge is 0.326 e. The molecular formula is C14H23N3S2. The van der Waals surface area contributed by atoms with Gasteiger partial charge in [-0.15, -0.1) is 0 Å². The summed E-state index contributed by atoms with van der Waals surface area (Å²) in [4.78, 5) is 0. The van der Waals surface area contributed by atoms with Gasteiger partial charge in [-0.1, -0.05) is 12.8 Å². The standard InChI is InChI=1S/C14H23N3S2/c15-13(14-10-18-7-8-19-14)9-11-5-6-17(16-11)12-3-1-2-4-12/h5-6,12-14H,1-4,7-10,15H2. The molecule has 106 valence electrons. The molecule has 3 rings (SSSR count). The van der Waals surface area contributed by atoms with Crippen molar-refractivity contribution < 1.29 is 0 Å². The lowest BCUT2D eigenvalue weighted by atomic mass is 10.1. The third-order valence-electron chi connectivity index (χ3n) is 4.13. The molecule has 19 heavy (non-hydrogen) atoms. The Hall–Kier alpha value is -0.130. The molecule has 1 saturated heterocycles. The molecule has 1 aromatic rings. The minimum absolute atomic E-state index is 0.254. The van der Waals surface area contributed by atoms with Gasteiger partial charge in [0.1, 0.15) is 0 Å². The number of nitrogens with zero attached hydrogens (tertiary/aromatic N) is 2. The van der Waals surface area contributed by atoms with Crippen LogP contribution in [0.3, 0.4) is 0 Å². The average molecular weight is 297 g/mol. The predicted molar refractivity (Wildman–Crippen MR) is 85.0 cm³/mol. The summed E-state index contributed by atoms with van der Waals surface area (Å²) in [6, 6.07) is 3.06. The van der Waals surface area contributed by atoms with E-state index in [1.807, 2.05) is 23.5 Å². The van der Waals surface area contributed by atoms with E-state index in [-0.39, 0.29) is 6.04 Å². The predicted octanol–water partition coefficient (Wildman–Crippen LogP) is 2.72. The van der Waals surface area contributed by atoms with Gasteiger partial charge in [-0.05, 0) is 18.9 Å². The second kappa shape index (κ2) is 6.55. The van der Waals surface area contributed by atoms with Gasteiger partial charge in [0.2, 0.25) is 0 Å². The van der Waals surface area contributed by atoms with Crippen LogP contribution in [0.4, 0.5) is 0 Å². The molecular weight excluding hydrogens is 274 g/mol. The van der Waals surface area contributed by atoms with Gasteiger partial charge in [0.15, 0.2) is 0 Å². The van der Waals surface area contributed by atoms with Crippen molar-refractivity contribution in [2.75, 3.05) is 17.3 Å². The molecule has 2 fully saturated rings. The molecule has 1 aliphatic heterocycles. The Balaban J connectivity index is 1.56. The van der Waals surface area contributed by atoms with Crippen LogP contribution in [0.25, 0.3) is 0 Å². The fourth-order valence-corrected chi connectivity index (χ4v) is 5.81. The van der Waals surface area contributed by atoms with E-state index >= 15 is 0 Å². The van der Waals surface area contributed by atoms with Gasteiger partial charge < -0.3 is 5.73 Å². The lowest BCUT2D eigenvalue weighted by Gasteiger charge is -2.26. The first kappa shape index (κ1) is 13.8. The zero-order valence-corrected chi connectivity index (χ0v) is 13.0. The molecule has 2 unspecified atom stereocenters. The third-order valence-corrected chi connectivity index (χ3v) is 7.07. The van der Waals surface area contributed by atoms with Crippen LogP contribution in [-0.4, -0.2) is 38.3 Å². The van der Waals surface area contributed by atoms with E-state index in [4.69, 9.17) is 10.8 Å². The van der Waals surface area contributed by atoms with Gasteiger partial charge in [0.25, 0.3) is 0 Å². The first-order valence-electron chi connectivity index (χ1n) is 7.32. The fraction of sp³-hybridized carbons (Fsp3) is 0.786. The normalized spacial score (nSPS) is 26.7. The molecule has 1 aromatic heterocycles. The average Bonchev–Trinajstić information content (AvgIpc) is 3.10. The molecule has 2 aliphatic rings. The molecule has 2 N–H and O–H groups in total. The number of hydrogen-bond donors (Lipinski definition) is 1. The second-order valence-electron chi connectivity index (χ2n) is 5.58. The van der Waals surface area contributed by atoms with E-state index < -0.39 is 0 Å². The van der Waals surface area contributed by atoms with Crippen LogP contribution < -0.4 is 5.73 Å². The Morgan fingerprint density at radius 3 is 2.95 bits per heavy atom. The maximum absolute atomic E-state index is 6.36. The summed E-state index contributed by atoms with van der Waals surface area (Å²) in [7, 11) is 0. The van der Waals surface area contributed by atoms with Crippen molar-refractivity contribution >= 4 is 23.5 Å². The molecule has 1 saturated carbocycles. The van der Waals surface area contributed by atoms with Crippen molar-refractivity contribution in [2.45, 2.75) is 49.4 Å². The Kier molecular flexibility index (Phi) is 4.77. The maximum Gasteiger partial charge on any atom is 0.0640 e.